The van der Waals surface area contributed by atoms with Crippen molar-refractivity contribution in [3.63, 3.8) is 0 Å². The SMILES string of the molecule is Cc1cc(N(CC2CC2)CC2CC2)ccc1CNC(C)C. The van der Waals surface area contributed by atoms with Crippen LogP contribution in [0.1, 0.15) is 50.7 Å². The zero-order valence-corrected chi connectivity index (χ0v) is 13.9. The molecule has 2 heteroatoms. The Balaban J connectivity index is 1.68. The number of aryl methyl sites for hydroxylation is 1. The van der Waals surface area contributed by atoms with Gasteiger partial charge >= 0.3 is 0 Å². The third kappa shape index (κ3) is 4.47. The standard InChI is InChI=1S/C19H30N2/c1-14(2)20-11-18-8-9-19(10-15(18)3)21(12-16-4-5-16)13-17-6-7-17/h8-10,14,16-17,20H,4-7,11-13H2,1-3H3. The molecule has 1 N–H and O–H groups in total. The second-order valence-electron chi connectivity index (χ2n) is 7.44. The Morgan fingerprint density at radius 1 is 1.10 bits per heavy atom. The number of benzene rings is 1. The third-order valence-electron chi connectivity index (χ3n) is 4.74. The van der Waals surface area contributed by atoms with E-state index in [9.17, 15) is 0 Å². The molecule has 0 spiro atoms. The Bertz CT molecular complexity index is 458. The quantitative estimate of drug-likeness (QED) is 0.773. The summed E-state index contributed by atoms with van der Waals surface area (Å²) in [6.07, 6.45) is 5.76. The minimum Gasteiger partial charge on any atom is -0.371 e. The van der Waals surface area contributed by atoms with Crippen molar-refractivity contribution in [3.05, 3.63) is 29.3 Å². The fourth-order valence-corrected chi connectivity index (χ4v) is 2.90. The second-order valence-corrected chi connectivity index (χ2v) is 7.44. The van der Waals surface area contributed by atoms with Crippen LogP contribution in [-0.2, 0) is 6.54 Å². The molecule has 116 valence electrons. The maximum Gasteiger partial charge on any atom is 0.0369 e. The molecule has 1 aromatic carbocycles. The van der Waals surface area contributed by atoms with Crippen molar-refractivity contribution in [2.24, 2.45) is 11.8 Å². The molecule has 21 heavy (non-hydrogen) atoms. The lowest BCUT2D eigenvalue weighted by molar-refractivity contribution is 0.587. The summed E-state index contributed by atoms with van der Waals surface area (Å²) in [6, 6.07) is 7.62. The van der Waals surface area contributed by atoms with Crippen molar-refractivity contribution >= 4 is 5.69 Å². The van der Waals surface area contributed by atoms with Gasteiger partial charge in [0.15, 0.2) is 0 Å². The molecule has 0 aliphatic heterocycles. The highest BCUT2D eigenvalue weighted by molar-refractivity contribution is 5.51. The first-order valence-corrected chi connectivity index (χ1v) is 8.69. The summed E-state index contributed by atoms with van der Waals surface area (Å²) in [5.74, 6) is 1.93. The molecule has 2 saturated carbocycles. The fourth-order valence-electron chi connectivity index (χ4n) is 2.90. The molecule has 0 atom stereocenters. The minimum atomic E-state index is 0.547. The predicted octanol–water partition coefficient (Wildman–Crippen LogP) is 4.12. The van der Waals surface area contributed by atoms with E-state index >= 15 is 0 Å². The number of nitrogens with zero attached hydrogens (tertiary/aromatic N) is 1. The van der Waals surface area contributed by atoms with Crippen molar-refractivity contribution < 1.29 is 0 Å². The van der Waals surface area contributed by atoms with Crippen LogP contribution >= 0.6 is 0 Å². The summed E-state index contributed by atoms with van der Waals surface area (Å²) in [6.45, 7) is 10.2. The highest BCUT2D eigenvalue weighted by Crippen LogP contribution is 2.36. The topological polar surface area (TPSA) is 15.3 Å². The number of rotatable bonds is 8. The lowest BCUT2D eigenvalue weighted by atomic mass is 10.1. The summed E-state index contributed by atoms with van der Waals surface area (Å²) in [4.78, 5) is 2.65. The largest absolute Gasteiger partial charge is 0.371 e. The van der Waals surface area contributed by atoms with E-state index in [0.29, 0.717) is 6.04 Å². The van der Waals surface area contributed by atoms with Crippen molar-refractivity contribution in [2.45, 2.75) is 59.0 Å². The molecule has 0 heterocycles. The molecule has 0 saturated heterocycles. The van der Waals surface area contributed by atoms with Gasteiger partial charge in [-0.05, 0) is 67.7 Å². The van der Waals surface area contributed by atoms with Gasteiger partial charge < -0.3 is 10.2 Å². The van der Waals surface area contributed by atoms with E-state index in [-0.39, 0.29) is 0 Å². The maximum absolute atomic E-state index is 3.52. The maximum atomic E-state index is 3.52. The molecule has 0 unspecified atom stereocenters. The Hall–Kier alpha value is -1.02. The average Bonchev–Trinajstić information content (AvgIpc) is 3.31. The van der Waals surface area contributed by atoms with Gasteiger partial charge in [-0.25, -0.2) is 0 Å². The predicted molar refractivity (Wildman–Crippen MR) is 90.8 cm³/mol. The van der Waals surface area contributed by atoms with E-state index in [0.717, 1.165) is 18.4 Å². The number of hydrogen-bond donors (Lipinski definition) is 1. The Labute approximate surface area is 129 Å². The van der Waals surface area contributed by atoms with Crippen LogP contribution in [-0.4, -0.2) is 19.1 Å². The molecular formula is C19H30N2. The van der Waals surface area contributed by atoms with Gasteiger partial charge in [0, 0.05) is 31.4 Å². The molecule has 2 aliphatic carbocycles. The first-order valence-electron chi connectivity index (χ1n) is 8.69. The molecule has 2 fully saturated rings. The van der Waals surface area contributed by atoms with Crippen molar-refractivity contribution in [3.8, 4) is 0 Å². The summed E-state index contributed by atoms with van der Waals surface area (Å²) in [7, 11) is 0. The van der Waals surface area contributed by atoms with Crippen molar-refractivity contribution in [1.82, 2.24) is 5.32 Å². The highest BCUT2D eigenvalue weighted by Gasteiger charge is 2.29. The minimum absolute atomic E-state index is 0.547. The molecule has 1 aromatic rings. The second kappa shape index (κ2) is 6.39. The molecule has 2 aliphatic rings. The van der Waals surface area contributed by atoms with Gasteiger partial charge in [-0.3, -0.25) is 0 Å². The zero-order chi connectivity index (χ0) is 14.8. The molecule has 0 amide bonds. The van der Waals surface area contributed by atoms with Crippen LogP contribution in [0.15, 0.2) is 18.2 Å². The van der Waals surface area contributed by atoms with Crippen molar-refractivity contribution in [2.75, 3.05) is 18.0 Å². The van der Waals surface area contributed by atoms with E-state index in [1.807, 2.05) is 0 Å². The summed E-state index contributed by atoms with van der Waals surface area (Å²) >= 11 is 0. The van der Waals surface area contributed by atoms with Gasteiger partial charge in [0.1, 0.15) is 0 Å². The average molecular weight is 286 g/mol. The lowest BCUT2D eigenvalue weighted by Gasteiger charge is -2.26. The normalized spacial score (nSPS) is 18.3. The summed E-state index contributed by atoms with van der Waals surface area (Å²) < 4.78 is 0. The number of nitrogens with one attached hydrogen (secondary N) is 1. The first-order chi connectivity index (χ1) is 10.1. The van der Waals surface area contributed by atoms with Gasteiger partial charge in [0.25, 0.3) is 0 Å². The summed E-state index contributed by atoms with van der Waals surface area (Å²) in [5, 5.41) is 3.52. The van der Waals surface area contributed by atoms with Gasteiger partial charge in [-0.1, -0.05) is 19.9 Å². The molecular weight excluding hydrogens is 256 g/mol. The lowest BCUT2D eigenvalue weighted by Crippen LogP contribution is -2.28. The Kier molecular flexibility index (Phi) is 4.54. The first kappa shape index (κ1) is 14.9. The highest BCUT2D eigenvalue weighted by atomic mass is 15.1. The van der Waals surface area contributed by atoms with Crippen LogP contribution in [0.5, 0.6) is 0 Å². The fraction of sp³-hybridized carbons (Fsp3) is 0.684. The van der Waals surface area contributed by atoms with E-state index in [2.05, 4.69) is 49.2 Å². The zero-order valence-electron chi connectivity index (χ0n) is 13.9. The van der Waals surface area contributed by atoms with E-state index in [1.165, 1.54) is 55.6 Å². The Morgan fingerprint density at radius 3 is 2.19 bits per heavy atom. The van der Waals surface area contributed by atoms with E-state index in [4.69, 9.17) is 0 Å². The molecule has 0 aromatic heterocycles. The van der Waals surface area contributed by atoms with Crippen LogP contribution in [0.25, 0.3) is 0 Å². The van der Waals surface area contributed by atoms with Gasteiger partial charge in [-0.15, -0.1) is 0 Å². The molecule has 3 rings (SSSR count). The Morgan fingerprint density at radius 2 is 1.71 bits per heavy atom. The van der Waals surface area contributed by atoms with Crippen LogP contribution in [0.4, 0.5) is 5.69 Å². The molecule has 0 radical (unpaired) electrons. The third-order valence-corrected chi connectivity index (χ3v) is 4.74. The monoisotopic (exact) mass is 286 g/mol. The summed E-state index contributed by atoms with van der Waals surface area (Å²) in [5.41, 5.74) is 4.31. The van der Waals surface area contributed by atoms with E-state index < -0.39 is 0 Å². The van der Waals surface area contributed by atoms with E-state index in [1.54, 1.807) is 0 Å². The van der Waals surface area contributed by atoms with Crippen LogP contribution in [0.2, 0.25) is 0 Å². The van der Waals surface area contributed by atoms with Gasteiger partial charge in [0.05, 0.1) is 0 Å². The van der Waals surface area contributed by atoms with Gasteiger partial charge in [0.2, 0.25) is 0 Å². The van der Waals surface area contributed by atoms with Crippen LogP contribution in [0, 0.1) is 18.8 Å². The molecule has 0 bridgehead atoms. The number of anilines is 1. The van der Waals surface area contributed by atoms with Crippen LogP contribution in [0.3, 0.4) is 0 Å². The number of hydrogen-bond acceptors (Lipinski definition) is 2. The van der Waals surface area contributed by atoms with Crippen molar-refractivity contribution in [1.29, 1.82) is 0 Å². The smallest absolute Gasteiger partial charge is 0.0369 e. The van der Waals surface area contributed by atoms with Gasteiger partial charge in [-0.2, -0.15) is 0 Å². The molecule has 2 nitrogen and oxygen atoms in total. The van der Waals surface area contributed by atoms with Crippen LogP contribution < -0.4 is 10.2 Å².